The molecule has 5 nitrogen and oxygen atoms in total. The maximum atomic E-state index is 12.3. The number of hydrogen-bond donors (Lipinski definition) is 2. The van der Waals surface area contributed by atoms with Crippen molar-refractivity contribution in [2.24, 2.45) is 0 Å². The topological polar surface area (TPSA) is 66.9 Å². The first-order chi connectivity index (χ1) is 9.97. The lowest BCUT2D eigenvalue weighted by Gasteiger charge is -2.15. The number of rotatable bonds is 5. The van der Waals surface area contributed by atoms with Gasteiger partial charge in [-0.2, -0.15) is 0 Å². The highest BCUT2D eigenvalue weighted by Crippen LogP contribution is 2.15. The Bertz CT molecular complexity index is 679. The second kappa shape index (κ2) is 6.34. The van der Waals surface area contributed by atoms with Crippen LogP contribution in [0.15, 0.2) is 46.0 Å². The molecule has 1 aromatic heterocycles. The van der Waals surface area contributed by atoms with Gasteiger partial charge in [0.15, 0.2) is 0 Å². The molecule has 0 amide bonds. The van der Waals surface area contributed by atoms with Crippen molar-refractivity contribution in [2.75, 3.05) is 5.32 Å². The number of nitrogens with zero attached hydrogens (tertiary/aromatic N) is 1. The summed E-state index contributed by atoms with van der Waals surface area (Å²) >= 11 is 0. The standard InChI is InChI=1S/C14H15F2N3O2/c1-9(10-5-3-2-4-6-10)17-12-7-13(20)19(8-11(15)16)14(21)18-12/h2-7,9,11,17H,8H2,1H3,(H,18,21)/t9-/m0/s1. The van der Waals surface area contributed by atoms with Gasteiger partial charge in [0, 0.05) is 12.1 Å². The Hall–Kier alpha value is -2.44. The zero-order chi connectivity index (χ0) is 15.4. The Morgan fingerprint density at radius 2 is 1.90 bits per heavy atom. The van der Waals surface area contributed by atoms with Gasteiger partial charge in [0.2, 0.25) is 0 Å². The molecule has 2 aromatic rings. The Labute approximate surface area is 119 Å². The van der Waals surface area contributed by atoms with Gasteiger partial charge in [-0.15, -0.1) is 0 Å². The maximum absolute atomic E-state index is 12.3. The smallest absolute Gasteiger partial charge is 0.330 e. The third-order valence-corrected chi connectivity index (χ3v) is 3.01. The molecule has 0 saturated heterocycles. The van der Waals surface area contributed by atoms with Gasteiger partial charge in [0.1, 0.15) is 5.82 Å². The zero-order valence-electron chi connectivity index (χ0n) is 11.3. The van der Waals surface area contributed by atoms with Crippen LogP contribution in [0.1, 0.15) is 18.5 Å². The summed E-state index contributed by atoms with van der Waals surface area (Å²) in [6.07, 6.45) is -2.76. The molecule has 1 atom stereocenters. The van der Waals surface area contributed by atoms with E-state index in [-0.39, 0.29) is 11.9 Å². The van der Waals surface area contributed by atoms with E-state index < -0.39 is 24.2 Å². The molecule has 0 fully saturated rings. The van der Waals surface area contributed by atoms with Crippen molar-refractivity contribution in [3.8, 4) is 0 Å². The molecule has 0 radical (unpaired) electrons. The molecule has 1 aromatic carbocycles. The van der Waals surface area contributed by atoms with Crippen molar-refractivity contribution in [2.45, 2.75) is 25.9 Å². The summed E-state index contributed by atoms with van der Waals surface area (Å²) in [6, 6.07) is 10.4. The summed E-state index contributed by atoms with van der Waals surface area (Å²) in [7, 11) is 0. The van der Waals surface area contributed by atoms with Crippen LogP contribution in [0.4, 0.5) is 14.6 Å². The molecule has 0 unspecified atom stereocenters. The molecule has 0 aliphatic carbocycles. The van der Waals surface area contributed by atoms with E-state index >= 15 is 0 Å². The molecule has 0 saturated carbocycles. The van der Waals surface area contributed by atoms with Crippen LogP contribution in [0, 0.1) is 0 Å². The van der Waals surface area contributed by atoms with E-state index in [2.05, 4.69) is 10.3 Å². The summed E-state index contributed by atoms with van der Waals surface area (Å²) in [5.41, 5.74) is -0.650. The first-order valence-electron chi connectivity index (χ1n) is 6.41. The predicted molar refractivity (Wildman–Crippen MR) is 75.8 cm³/mol. The number of benzene rings is 1. The van der Waals surface area contributed by atoms with Crippen LogP contribution in [-0.2, 0) is 6.54 Å². The molecule has 7 heteroatoms. The lowest BCUT2D eigenvalue weighted by Crippen LogP contribution is -2.37. The zero-order valence-corrected chi connectivity index (χ0v) is 11.3. The summed E-state index contributed by atoms with van der Waals surface area (Å²) in [5.74, 6) is 0.201. The van der Waals surface area contributed by atoms with Gasteiger partial charge >= 0.3 is 5.69 Å². The van der Waals surface area contributed by atoms with Crippen molar-refractivity contribution < 1.29 is 8.78 Å². The predicted octanol–water partition coefficient (Wildman–Crippen LogP) is 1.97. The Kier molecular flexibility index (Phi) is 4.52. The average Bonchev–Trinajstić information content (AvgIpc) is 2.43. The van der Waals surface area contributed by atoms with Crippen LogP contribution in [-0.4, -0.2) is 16.0 Å². The van der Waals surface area contributed by atoms with Crippen molar-refractivity contribution >= 4 is 5.82 Å². The van der Waals surface area contributed by atoms with E-state index in [9.17, 15) is 18.4 Å². The van der Waals surface area contributed by atoms with Gasteiger partial charge in [-0.1, -0.05) is 30.3 Å². The number of alkyl halides is 2. The molecule has 2 N–H and O–H groups in total. The number of H-pyrrole nitrogens is 1. The number of anilines is 1. The number of halogens is 2. The summed E-state index contributed by atoms with van der Waals surface area (Å²) in [6.45, 7) is 0.945. The van der Waals surface area contributed by atoms with Gasteiger partial charge in [-0.3, -0.25) is 14.3 Å². The normalized spacial score (nSPS) is 12.4. The van der Waals surface area contributed by atoms with Gasteiger partial charge in [0.25, 0.3) is 12.0 Å². The van der Waals surface area contributed by atoms with E-state index in [0.717, 1.165) is 11.6 Å². The lowest BCUT2D eigenvalue weighted by molar-refractivity contribution is 0.123. The first kappa shape index (κ1) is 15.0. The minimum atomic E-state index is -2.76. The Balaban J connectivity index is 2.23. The van der Waals surface area contributed by atoms with Crippen molar-refractivity contribution in [3.05, 3.63) is 62.8 Å². The first-order valence-corrected chi connectivity index (χ1v) is 6.41. The average molecular weight is 295 g/mol. The van der Waals surface area contributed by atoms with Crippen LogP contribution in [0.2, 0.25) is 0 Å². The number of hydrogen-bond acceptors (Lipinski definition) is 3. The quantitative estimate of drug-likeness (QED) is 0.886. The largest absolute Gasteiger partial charge is 0.365 e. The van der Waals surface area contributed by atoms with E-state index in [4.69, 9.17) is 0 Å². The molecule has 1 heterocycles. The molecule has 21 heavy (non-hydrogen) atoms. The third-order valence-electron chi connectivity index (χ3n) is 3.01. The van der Waals surface area contributed by atoms with Crippen LogP contribution in [0.25, 0.3) is 0 Å². The van der Waals surface area contributed by atoms with Gasteiger partial charge in [-0.05, 0) is 12.5 Å². The molecular weight excluding hydrogens is 280 g/mol. The second-order valence-corrected chi connectivity index (χ2v) is 4.60. The highest BCUT2D eigenvalue weighted by molar-refractivity contribution is 5.36. The van der Waals surface area contributed by atoms with Gasteiger partial charge < -0.3 is 5.32 Å². The number of nitrogens with one attached hydrogen (secondary N) is 2. The van der Waals surface area contributed by atoms with Gasteiger partial charge in [-0.25, -0.2) is 13.6 Å². The molecule has 0 aliphatic rings. The fourth-order valence-corrected chi connectivity index (χ4v) is 1.97. The Morgan fingerprint density at radius 1 is 1.24 bits per heavy atom. The molecule has 0 aliphatic heterocycles. The fourth-order valence-electron chi connectivity index (χ4n) is 1.97. The minimum absolute atomic E-state index is 0.146. The number of aromatic amines is 1. The fraction of sp³-hybridized carbons (Fsp3) is 0.286. The highest BCUT2D eigenvalue weighted by Gasteiger charge is 2.11. The third kappa shape index (κ3) is 3.77. The molecule has 0 bridgehead atoms. The van der Waals surface area contributed by atoms with Crippen molar-refractivity contribution in [1.29, 1.82) is 0 Å². The van der Waals surface area contributed by atoms with E-state index in [1.807, 2.05) is 37.3 Å². The Morgan fingerprint density at radius 3 is 2.48 bits per heavy atom. The van der Waals surface area contributed by atoms with E-state index in [1.165, 1.54) is 0 Å². The molecule has 2 rings (SSSR count). The van der Waals surface area contributed by atoms with Crippen LogP contribution in [0.5, 0.6) is 0 Å². The minimum Gasteiger partial charge on any atom is -0.365 e. The summed E-state index contributed by atoms with van der Waals surface area (Å²) in [4.78, 5) is 25.7. The van der Waals surface area contributed by atoms with Gasteiger partial charge in [0.05, 0.1) is 6.54 Å². The highest BCUT2D eigenvalue weighted by atomic mass is 19.3. The van der Waals surface area contributed by atoms with E-state index in [1.54, 1.807) is 0 Å². The SMILES string of the molecule is C[C@H](Nc1cc(=O)n(CC(F)F)c(=O)[nH]1)c1ccccc1. The molecule has 112 valence electrons. The van der Waals surface area contributed by atoms with E-state index in [0.29, 0.717) is 4.57 Å². The monoisotopic (exact) mass is 295 g/mol. The summed E-state index contributed by atoms with van der Waals surface area (Å²) in [5, 5.41) is 2.96. The molecular formula is C14H15F2N3O2. The van der Waals surface area contributed by atoms with Crippen LogP contribution >= 0.6 is 0 Å². The summed E-state index contributed by atoms with van der Waals surface area (Å²) < 4.78 is 25.0. The van der Waals surface area contributed by atoms with Crippen LogP contribution < -0.4 is 16.6 Å². The van der Waals surface area contributed by atoms with Crippen molar-refractivity contribution in [1.82, 2.24) is 9.55 Å². The second-order valence-electron chi connectivity index (χ2n) is 4.60. The number of aromatic nitrogens is 2. The van der Waals surface area contributed by atoms with Crippen LogP contribution in [0.3, 0.4) is 0 Å². The lowest BCUT2D eigenvalue weighted by atomic mass is 10.1. The van der Waals surface area contributed by atoms with Crippen molar-refractivity contribution in [3.63, 3.8) is 0 Å². The molecule has 0 spiro atoms. The maximum Gasteiger partial charge on any atom is 0.330 e.